The highest BCUT2D eigenvalue weighted by molar-refractivity contribution is 5.79. The second-order valence-corrected chi connectivity index (χ2v) is 8.59. The van der Waals surface area contributed by atoms with E-state index >= 15 is 0 Å². The molecule has 0 spiro atoms. The molecule has 2 aliphatic rings. The van der Waals surface area contributed by atoms with Gasteiger partial charge in [-0.05, 0) is 49.8 Å². The van der Waals surface area contributed by atoms with Crippen LogP contribution in [-0.4, -0.2) is 56.7 Å². The predicted octanol–water partition coefficient (Wildman–Crippen LogP) is 3.66. The molecule has 1 aromatic rings. The smallest absolute Gasteiger partial charge is 0.371 e. The molecule has 31 heavy (non-hydrogen) atoms. The van der Waals surface area contributed by atoms with E-state index in [1.54, 1.807) is 4.90 Å². The summed E-state index contributed by atoms with van der Waals surface area (Å²) in [5.41, 5.74) is 4.22. The monoisotopic (exact) mass is 445 g/mol. The third-order valence-corrected chi connectivity index (χ3v) is 6.70. The largest absolute Gasteiger partial charge is 0.419 e. The number of rotatable bonds is 7. The minimum atomic E-state index is -4.69. The Morgan fingerprint density at radius 2 is 1.81 bits per heavy atom. The van der Waals surface area contributed by atoms with E-state index in [1.165, 1.54) is 19.2 Å². The molecule has 3 rings (SSSR count). The van der Waals surface area contributed by atoms with Crippen molar-refractivity contribution < 1.29 is 27.1 Å². The predicted molar refractivity (Wildman–Crippen MR) is 110 cm³/mol. The van der Waals surface area contributed by atoms with Gasteiger partial charge in [0.15, 0.2) is 5.82 Å². The van der Waals surface area contributed by atoms with Crippen LogP contribution < -0.4 is 10.6 Å². The molecule has 0 bridgehead atoms. The van der Waals surface area contributed by atoms with Gasteiger partial charge in [-0.3, -0.25) is 9.69 Å². The molecule has 1 unspecified atom stereocenters. The first-order valence-corrected chi connectivity index (χ1v) is 10.9. The molecule has 1 amide bonds. The van der Waals surface area contributed by atoms with E-state index in [0.29, 0.717) is 32.1 Å². The van der Waals surface area contributed by atoms with E-state index < -0.39 is 29.6 Å². The Morgan fingerprint density at radius 1 is 1.16 bits per heavy atom. The highest BCUT2D eigenvalue weighted by Crippen LogP contribution is 2.36. The van der Waals surface area contributed by atoms with Crippen LogP contribution in [0, 0.1) is 17.7 Å². The molecular formula is C22H31F4N3O2. The van der Waals surface area contributed by atoms with Crippen molar-refractivity contribution in [1.82, 2.24) is 4.90 Å². The number of piperazine rings is 1. The van der Waals surface area contributed by atoms with E-state index in [9.17, 15) is 22.4 Å². The van der Waals surface area contributed by atoms with Crippen LogP contribution in [-0.2, 0) is 15.7 Å². The number of anilines is 1. The highest BCUT2D eigenvalue weighted by Gasteiger charge is 2.36. The number of hydrogen-bond donors (Lipinski definition) is 1. The van der Waals surface area contributed by atoms with Crippen molar-refractivity contribution in [1.29, 1.82) is 0 Å². The van der Waals surface area contributed by atoms with Crippen molar-refractivity contribution in [3.8, 4) is 0 Å². The van der Waals surface area contributed by atoms with Crippen molar-refractivity contribution >= 4 is 11.6 Å². The number of carbonyl (C=O) groups is 1. The molecule has 1 saturated heterocycles. The molecule has 174 valence electrons. The van der Waals surface area contributed by atoms with Gasteiger partial charge >= 0.3 is 6.18 Å². The molecule has 1 aliphatic heterocycles. The van der Waals surface area contributed by atoms with Gasteiger partial charge in [-0.25, -0.2) is 4.39 Å². The van der Waals surface area contributed by atoms with E-state index in [2.05, 4.69) is 4.90 Å². The van der Waals surface area contributed by atoms with E-state index in [4.69, 9.17) is 10.5 Å². The van der Waals surface area contributed by atoms with Crippen molar-refractivity contribution in [2.75, 3.05) is 44.7 Å². The van der Waals surface area contributed by atoms with Crippen molar-refractivity contribution in [3.05, 3.63) is 29.6 Å². The Hall–Kier alpha value is -1.87. The molecular weight excluding hydrogens is 414 g/mol. The summed E-state index contributed by atoms with van der Waals surface area (Å²) in [6.45, 7) is 3.30. The first-order valence-electron chi connectivity index (χ1n) is 10.9. The van der Waals surface area contributed by atoms with E-state index in [0.717, 1.165) is 44.7 Å². The number of amides is 1. The fourth-order valence-electron chi connectivity index (χ4n) is 4.88. The Bertz CT molecular complexity index is 743. The summed E-state index contributed by atoms with van der Waals surface area (Å²) >= 11 is 0. The summed E-state index contributed by atoms with van der Waals surface area (Å²) in [6.07, 6.45) is -0.241. The number of primary amides is 1. The number of halogens is 4. The average Bonchev–Trinajstić information content (AvgIpc) is 2.73. The number of benzene rings is 1. The first-order chi connectivity index (χ1) is 14.7. The molecule has 0 aromatic heterocycles. The van der Waals surface area contributed by atoms with Crippen LogP contribution in [0.2, 0.25) is 0 Å². The third kappa shape index (κ3) is 5.88. The SMILES string of the molecule is COC(C(N)=O)C1CCC(CCN2CCN(c3cccc(C(F)(F)F)c3F)CC2)CC1. The fourth-order valence-corrected chi connectivity index (χ4v) is 4.88. The van der Waals surface area contributed by atoms with Crippen LogP contribution in [0.15, 0.2) is 18.2 Å². The van der Waals surface area contributed by atoms with Gasteiger partial charge in [0.2, 0.25) is 5.91 Å². The van der Waals surface area contributed by atoms with Crippen LogP contribution in [0.25, 0.3) is 0 Å². The topological polar surface area (TPSA) is 58.8 Å². The minimum Gasteiger partial charge on any atom is -0.371 e. The van der Waals surface area contributed by atoms with E-state index in [1.807, 2.05) is 0 Å². The molecule has 2 N–H and O–H groups in total. The zero-order valence-electron chi connectivity index (χ0n) is 17.8. The number of nitrogens with two attached hydrogens (primary N) is 1. The van der Waals surface area contributed by atoms with Crippen LogP contribution in [0.3, 0.4) is 0 Å². The Labute approximate surface area is 180 Å². The number of alkyl halides is 3. The fraction of sp³-hybridized carbons (Fsp3) is 0.682. The minimum absolute atomic E-state index is 0.0231. The lowest BCUT2D eigenvalue weighted by molar-refractivity contribution is -0.140. The summed E-state index contributed by atoms with van der Waals surface area (Å²) in [5.74, 6) is -0.822. The maximum atomic E-state index is 14.4. The second-order valence-electron chi connectivity index (χ2n) is 8.59. The number of nitrogens with zero attached hydrogens (tertiary/aromatic N) is 2. The standard InChI is InChI=1S/C22H31F4N3O2/c1-31-20(21(27)30)16-7-5-15(6-8-16)9-10-28-11-13-29(14-12-28)18-4-2-3-17(19(18)23)22(24,25)26/h2-4,15-16,20H,5-14H2,1H3,(H2,27,30). The van der Waals surface area contributed by atoms with Gasteiger partial charge in [0, 0.05) is 33.3 Å². The molecule has 5 nitrogen and oxygen atoms in total. The normalized spacial score (nSPS) is 24.2. The lowest BCUT2D eigenvalue weighted by Gasteiger charge is -2.38. The van der Waals surface area contributed by atoms with Gasteiger partial charge in [0.25, 0.3) is 0 Å². The molecule has 1 atom stereocenters. The average molecular weight is 446 g/mol. The summed E-state index contributed by atoms with van der Waals surface area (Å²) in [4.78, 5) is 15.5. The number of ether oxygens (including phenoxy) is 1. The zero-order valence-corrected chi connectivity index (χ0v) is 17.8. The molecule has 0 radical (unpaired) electrons. The van der Waals surface area contributed by atoms with Crippen LogP contribution in [0.5, 0.6) is 0 Å². The summed E-state index contributed by atoms with van der Waals surface area (Å²) < 4.78 is 58.5. The first kappa shape index (κ1) is 23.8. The zero-order chi connectivity index (χ0) is 22.6. The van der Waals surface area contributed by atoms with Crippen molar-refractivity contribution in [2.45, 2.75) is 44.4 Å². The van der Waals surface area contributed by atoms with Crippen LogP contribution in [0.1, 0.15) is 37.7 Å². The Kier molecular flexibility index (Phi) is 7.80. The summed E-state index contributed by atoms with van der Waals surface area (Å²) in [5, 5.41) is 0. The third-order valence-electron chi connectivity index (χ3n) is 6.70. The summed E-state index contributed by atoms with van der Waals surface area (Å²) in [6, 6.07) is 3.45. The molecule has 1 saturated carbocycles. The van der Waals surface area contributed by atoms with Gasteiger partial charge in [0.1, 0.15) is 6.10 Å². The highest BCUT2D eigenvalue weighted by atomic mass is 19.4. The summed E-state index contributed by atoms with van der Waals surface area (Å²) in [7, 11) is 1.52. The number of carbonyl (C=O) groups excluding carboxylic acids is 1. The Morgan fingerprint density at radius 3 is 2.35 bits per heavy atom. The molecule has 9 heteroatoms. The quantitative estimate of drug-likeness (QED) is 0.651. The molecule has 1 aliphatic carbocycles. The van der Waals surface area contributed by atoms with Gasteiger partial charge in [-0.1, -0.05) is 18.9 Å². The maximum absolute atomic E-state index is 14.4. The molecule has 1 aromatic carbocycles. The van der Waals surface area contributed by atoms with Gasteiger partial charge in [-0.15, -0.1) is 0 Å². The lowest BCUT2D eigenvalue weighted by Crippen LogP contribution is -2.47. The van der Waals surface area contributed by atoms with E-state index in [-0.39, 0.29) is 11.6 Å². The van der Waals surface area contributed by atoms with Crippen molar-refractivity contribution in [2.24, 2.45) is 17.6 Å². The van der Waals surface area contributed by atoms with Crippen molar-refractivity contribution in [3.63, 3.8) is 0 Å². The van der Waals surface area contributed by atoms with Crippen LogP contribution in [0.4, 0.5) is 23.2 Å². The maximum Gasteiger partial charge on any atom is 0.419 e. The lowest BCUT2D eigenvalue weighted by atomic mass is 9.78. The van der Waals surface area contributed by atoms with Crippen LogP contribution >= 0.6 is 0 Å². The Balaban J connectivity index is 1.44. The number of hydrogen-bond acceptors (Lipinski definition) is 4. The van der Waals surface area contributed by atoms with Gasteiger partial charge in [0.05, 0.1) is 11.3 Å². The van der Waals surface area contributed by atoms with Gasteiger partial charge in [-0.2, -0.15) is 13.2 Å². The molecule has 2 fully saturated rings. The second kappa shape index (κ2) is 10.2. The van der Waals surface area contributed by atoms with Gasteiger partial charge < -0.3 is 15.4 Å². The molecule has 1 heterocycles. The number of methoxy groups -OCH3 is 1.